The molecule has 0 aliphatic rings. The van der Waals surface area contributed by atoms with Crippen LogP contribution in [0.25, 0.3) is 0 Å². The maximum Gasteiger partial charge on any atom is 0.189 e. The Balaban J connectivity index is 1.82. The third-order valence-electron chi connectivity index (χ3n) is 2.57. The summed E-state index contributed by atoms with van der Waals surface area (Å²) in [5.41, 5.74) is 1.74. The van der Waals surface area contributed by atoms with Gasteiger partial charge in [0.25, 0.3) is 0 Å². The Morgan fingerprint density at radius 1 is 1.28 bits per heavy atom. The van der Waals surface area contributed by atoms with Gasteiger partial charge in [0, 0.05) is 29.5 Å². The molecule has 1 aromatic heterocycles. The molecule has 0 unspecified atom stereocenters. The van der Waals surface area contributed by atoms with Gasteiger partial charge in [0.1, 0.15) is 6.61 Å². The summed E-state index contributed by atoms with van der Waals surface area (Å²) in [5.74, 6) is 0.00714. The lowest BCUT2D eigenvalue weighted by atomic mass is 10.2. The van der Waals surface area contributed by atoms with Crippen molar-refractivity contribution in [3.05, 3.63) is 58.3 Å². The molecule has 0 aliphatic carbocycles. The monoisotopic (exact) mass is 307 g/mol. The standard InChI is InChI=1S/C14H14BrNO2/c1-16-7-6-12(8-16)14(17)10-18-9-11-2-4-13(15)5-3-11/h2-8H,9-10H2,1H3. The van der Waals surface area contributed by atoms with Crippen molar-refractivity contribution in [1.29, 1.82) is 0 Å². The highest BCUT2D eigenvalue weighted by atomic mass is 79.9. The van der Waals surface area contributed by atoms with Crippen molar-refractivity contribution in [2.75, 3.05) is 6.61 Å². The van der Waals surface area contributed by atoms with E-state index in [4.69, 9.17) is 4.74 Å². The highest BCUT2D eigenvalue weighted by Gasteiger charge is 2.06. The first-order chi connectivity index (χ1) is 8.65. The van der Waals surface area contributed by atoms with Gasteiger partial charge in [-0.3, -0.25) is 4.79 Å². The maximum atomic E-state index is 11.8. The lowest BCUT2D eigenvalue weighted by Crippen LogP contribution is -2.08. The molecule has 18 heavy (non-hydrogen) atoms. The number of benzene rings is 1. The molecular formula is C14H14BrNO2. The van der Waals surface area contributed by atoms with Gasteiger partial charge in [-0.15, -0.1) is 0 Å². The molecule has 1 heterocycles. The van der Waals surface area contributed by atoms with Crippen molar-refractivity contribution in [3.8, 4) is 0 Å². The van der Waals surface area contributed by atoms with Gasteiger partial charge in [0.2, 0.25) is 0 Å². The fourth-order valence-corrected chi connectivity index (χ4v) is 1.86. The molecule has 0 bridgehead atoms. The number of Topliss-reactive ketones (excluding diaryl/α,β-unsaturated/α-hetero) is 1. The highest BCUT2D eigenvalue weighted by molar-refractivity contribution is 9.10. The van der Waals surface area contributed by atoms with Crippen molar-refractivity contribution >= 4 is 21.7 Å². The predicted octanol–water partition coefficient (Wildman–Crippen LogP) is 3.19. The van der Waals surface area contributed by atoms with Crippen LogP contribution in [0.4, 0.5) is 0 Å². The molecule has 0 spiro atoms. The van der Waals surface area contributed by atoms with Gasteiger partial charge in [-0.1, -0.05) is 28.1 Å². The Hall–Kier alpha value is -1.39. The van der Waals surface area contributed by atoms with Crippen LogP contribution < -0.4 is 0 Å². The zero-order chi connectivity index (χ0) is 13.0. The highest BCUT2D eigenvalue weighted by Crippen LogP contribution is 2.11. The summed E-state index contributed by atoms with van der Waals surface area (Å²) >= 11 is 3.37. The van der Waals surface area contributed by atoms with Crippen LogP contribution in [0.5, 0.6) is 0 Å². The van der Waals surface area contributed by atoms with Crippen molar-refractivity contribution in [1.82, 2.24) is 4.57 Å². The first-order valence-electron chi connectivity index (χ1n) is 5.62. The van der Waals surface area contributed by atoms with Gasteiger partial charge < -0.3 is 9.30 Å². The van der Waals surface area contributed by atoms with Crippen molar-refractivity contribution < 1.29 is 9.53 Å². The number of ketones is 1. The number of rotatable bonds is 5. The number of aromatic nitrogens is 1. The van der Waals surface area contributed by atoms with Crippen LogP contribution in [0.1, 0.15) is 15.9 Å². The minimum atomic E-state index is 0.00714. The first-order valence-corrected chi connectivity index (χ1v) is 6.42. The van der Waals surface area contributed by atoms with Gasteiger partial charge in [0.15, 0.2) is 5.78 Å². The van der Waals surface area contributed by atoms with Crippen LogP contribution >= 0.6 is 15.9 Å². The van der Waals surface area contributed by atoms with Crippen molar-refractivity contribution in [2.45, 2.75) is 6.61 Å². The lowest BCUT2D eigenvalue weighted by Gasteiger charge is -2.03. The Morgan fingerprint density at radius 2 is 2.00 bits per heavy atom. The second kappa shape index (κ2) is 5.98. The molecule has 4 heteroatoms. The maximum absolute atomic E-state index is 11.8. The van der Waals surface area contributed by atoms with E-state index in [2.05, 4.69) is 15.9 Å². The minimum absolute atomic E-state index is 0.00714. The summed E-state index contributed by atoms with van der Waals surface area (Å²) in [6.07, 6.45) is 3.65. The number of halogens is 1. The van der Waals surface area contributed by atoms with E-state index in [1.54, 1.807) is 12.3 Å². The third-order valence-corrected chi connectivity index (χ3v) is 3.10. The summed E-state index contributed by atoms with van der Waals surface area (Å²) in [6.45, 7) is 0.561. The molecule has 0 amide bonds. The van der Waals surface area contributed by atoms with E-state index in [0.29, 0.717) is 12.2 Å². The van der Waals surface area contributed by atoms with E-state index in [0.717, 1.165) is 10.0 Å². The molecule has 0 saturated carbocycles. The molecule has 2 aromatic rings. The number of hydrogen-bond donors (Lipinski definition) is 0. The molecule has 0 atom stereocenters. The Morgan fingerprint density at radius 3 is 2.61 bits per heavy atom. The van der Waals surface area contributed by atoms with E-state index in [1.165, 1.54) is 0 Å². The fraction of sp³-hybridized carbons (Fsp3) is 0.214. The average molecular weight is 308 g/mol. The zero-order valence-corrected chi connectivity index (χ0v) is 11.7. The fourth-order valence-electron chi connectivity index (χ4n) is 1.59. The van der Waals surface area contributed by atoms with Crippen LogP contribution in [-0.2, 0) is 18.4 Å². The molecule has 1 aromatic carbocycles. The van der Waals surface area contributed by atoms with Crippen LogP contribution in [0.15, 0.2) is 47.2 Å². The van der Waals surface area contributed by atoms with Gasteiger partial charge in [-0.25, -0.2) is 0 Å². The quantitative estimate of drug-likeness (QED) is 0.794. The first kappa shape index (κ1) is 13.1. The molecule has 0 aliphatic heterocycles. The number of hydrogen-bond acceptors (Lipinski definition) is 2. The zero-order valence-electron chi connectivity index (χ0n) is 10.1. The number of aryl methyl sites for hydroxylation is 1. The minimum Gasteiger partial charge on any atom is -0.369 e. The Bertz CT molecular complexity index is 531. The molecule has 3 nitrogen and oxygen atoms in total. The largest absolute Gasteiger partial charge is 0.369 e. The number of carbonyl (C=O) groups excluding carboxylic acids is 1. The Kier molecular flexibility index (Phi) is 4.33. The van der Waals surface area contributed by atoms with E-state index >= 15 is 0 Å². The van der Waals surface area contributed by atoms with Crippen LogP contribution in [-0.4, -0.2) is 17.0 Å². The molecule has 0 saturated heterocycles. The van der Waals surface area contributed by atoms with E-state index < -0.39 is 0 Å². The molecule has 94 valence electrons. The average Bonchev–Trinajstić information content (AvgIpc) is 2.78. The predicted molar refractivity (Wildman–Crippen MR) is 73.5 cm³/mol. The molecule has 0 N–H and O–H groups in total. The van der Waals surface area contributed by atoms with Crippen LogP contribution in [0.3, 0.4) is 0 Å². The number of nitrogens with zero attached hydrogens (tertiary/aromatic N) is 1. The summed E-state index contributed by atoms with van der Waals surface area (Å²) < 4.78 is 8.29. The molecule has 0 fully saturated rings. The molecule has 2 rings (SSSR count). The van der Waals surface area contributed by atoms with Crippen molar-refractivity contribution in [2.24, 2.45) is 7.05 Å². The van der Waals surface area contributed by atoms with Gasteiger partial charge >= 0.3 is 0 Å². The lowest BCUT2D eigenvalue weighted by molar-refractivity contribution is 0.0726. The second-order valence-electron chi connectivity index (χ2n) is 4.11. The normalized spacial score (nSPS) is 10.6. The number of carbonyl (C=O) groups is 1. The van der Waals surface area contributed by atoms with E-state index in [9.17, 15) is 4.79 Å². The third kappa shape index (κ3) is 3.55. The van der Waals surface area contributed by atoms with Crippen LogP contribution in [0, 0.1) is 0 Å². The number of ether oxygens (including phenoxy) is 1. The topological polar surface area (TPSA) is 31.2 Å². The van der Waals surface area contributed by atoms with E-state index in [1.807, 2.05) is 42.1 Å². The summed E-state index contributed by atoms with van der Waals surface area (Å²) in [7, 11) is 1.89. The Labute approximate surface area is 115 Å². The van der Waals surface area contributed by atoms with E-state index in [-0.39, 0.29) is 12.4 Å². The van der Waals surface area contributed by atoms with Gasteiger partial charge in [-0.05, 0) is 23.8 Å². The summed E-state index contributed by atoms with van der Waals surface area (Å²) in [6, 6.07) is 9.65. The smallest absolute Gasteiger partial charge is 0.189 e. The van der Waals surface area contributed by atoms with Gasteiger partial charge in [-0.2, -0.15) is 0 Å². The van der Waals surface area contributed by atoms with Gasteiger partial charge in [0.05, 0.1) is 6.61 Å². The SMILES string of the molecule is Cn1ccc(C(=O)COCc2ccc(Br)cc2)c1. The summed E-state index contributed by atoms with van der Waals surface area (Å²) in [5, 5.41) is 0. The molecule has 0 radical (unpaired) electrons. The summed E-state index contributed by atoms with van der Waals surface area (Å²) in [4.78, 5) is 11.8. The van der Waals surface area contributed by atoms with Crippen molar-refractivity contribution in [3.63, 3.8) is 0 Å². The second-order valence-corrected chi connectivity index (χ2v) is 5.02. The van der Waals surface area contributed by atoms with Crippen LogP contribution in [0.2, 0.25) is 0 Å². The molecular weight excluding hydrogens is 294 g/mol.